The molecular formula is C50H74N10O12. The molecule has 22 heteroatoms. The van der Waals surface area contributed by atoms with E-state index in [1.54, 1.807) is 60.7 Å². The summed E-state index contributed by atoms with van der Waals surface area (Å²) >= 11 is 0. The van der Waals surface area contributed by atoms with Crippen LogP contribution in [-0.4, -0.2) is 161 Å². The Morgan fingerprint density at radius 2 is 0.903 bits per heavy atom. The smallest absolute Gasteiger partial charge is 0.252 e. The first-order valence-electron chi connectivity index (χ1n) is 24.7. The second kappa shape index (κ2) is 27.7. The van der Waals surface area contributed by atoms with E-state index in [-0.39, 0.29) is 76.5 Å². The Bertz CT molecular complexity index is 2000. The van der Waals surface area contributed by atoms with Gasteiger partial charge in [0.05, 0.1) is 24.3 Å². The van der Waals surface area contributed by atoms with Crippen molar-refractivity contribution >= 4 is 47.3 Å². The van der Waals surface area contributed by atoms with Crippen LogP contribution in [0.15, 0.2) is 60.7 Å². The number of hydrogen-bond acceptors (Lipinski definition) is 14. The summed E-state index contributed by atoms with van der Waals surface area (Å²) in [7, 11) is 2.66. The molecule has 5 rings (SSSR count). The largest absolute Gasteiger partial charge is 0.376 e. The van der Waals surface area contributed by atoms with Crippen molar-refractivity contribution in [1.82, 2.24) is 42.5 Å². The molecule has 12 atom stereocenters. The molecule has 0 saturated carbocycles. The highest BCUT2D eigenvalue weighted by molar-refractivity contribution is 5.95. The molecule has 2 aromatic rings. The minimum absolute atomic E-state index is 0.00787. The maximum Gasteiger partial charge on any atom is 0.252 e. The standard InChI is InChI=1S/C50H74N10O12/c1-27(2)21-31-45(63)53-25-35-39(59-37(61)17-19-51)41(69-5)44(71-35)50(68)58-34(24-30-15-11-8-12-16-30)48(66)56-32(22-28(3)4)46(64)54-26-36-40(60-38(62)18-20-52)42(70-6)43(72-36)49(67)57-33(47(65)55-31)23-29-13-9-7-10-14-29/h7-16,27-28,31-36,39-44H,17-26,51-52H2,1-6H3,(H,53,63)(H,54,64)(H,55,65)(H,56,66)(H,57,67)(H,58,68)(H,59,61)(H,60,62)/t31-,32-,33-,34-,35+,36+,39+,40+,41+,42+,43?,44?/m0/s1. The maximum atomic E-state index is 14.5. The van der Waals surface area contributed by atoms with Crippen LogP contribution in [0.5, 0.6) is 0 Å². The van der Waals surface area contributed by atoms with Crippen molar-refractivity contribution < 1.29 is 57.3 Å². The first-order chi connectivity index (χ1) is 34.5. The van der Waals surface area contributed by atoms with E-state index in [1.807, 2.05) is 27.7 Å². The van der Waals surface area contributed by atoms with Crippen molar-refractivity contribution in [3.63, 3.8) is 0 Å². The van der Waals surface area contributed by atoms with Crippen LogP contribution >= 0.6 is 0 Å². The van der Waals surface area contributed by atoms with Gasteiger partial charge in [-0.2, -0.15) is 0 Å². The SMILES string of the molecule is CO[C@H]1C2O[C@H](CNC(=O)[C@H](CC(C)C)NC(=O)[C@H](Cc3ccccc3)NC(=O)C3O[C@H](CNC(=O)[C@H](CC(C)C)NC(=O)[C@H](Cc4ccccc4)NC2=O)[C@@H](NC(=O)CCN)[C@H]3OC)[C@H]1NC(=O)CCN. The van der Waals surface area contributed by atoms with Gasteiger partial charge in [-0.05, 0) is 35.8 Å². The summed E-state index contributed by atoms with van der Waals surface area (Å²) in [5, 5.41) is 22.6. The molecule has 4 bridgehead atoms. The van der Waals surface area contributed by atoms with Crippen LogP contribution in [0.1, 0.15) is 64.5 Å². The fourth-order valence-electron chi connectivity index (χ4n) is 9.17. The van der Waals surface area contributed by atoms with Crippen LogP contribution in [0.3, 0.4) is 0 Å². The fourth-order valence-corrected chi connectivity index (χ4v) is 9.17. The average Bonchev–Trinajstić information content (AvgIpc) is 3.88. The number of hydrogen-bond donors (Lipinski definition) is 10. The Labute approximate surface area is 420 Å². The first kappa shape index (κ1) is 56.9. The molecule has 3 aliphatic rings. The van der Waals surface area contributed by atoms with Gasteiger partial charge in [-0.1, -0.05) is 88.4 Å². The monoisotopic (exact) mass is 1010 g/mol. The van der Waals surface area contributed by atoms with Crippen molar-refractivity contribution in [2.75, 3.05) is 40.4 Å². The van der Waals surface area contributed by atoms with Crippen LogP contribution in [0.4, 0.5) is 0 Å². The van der Waals surface area contributed by atoms with E-state index in [0.717, 1.165) is 0 Å². The Kier molecular flexibility index (Phi) is 21.9. The molecular weight excluding hydrogens is 933 g/mol. The lowest BCUT2D eigenvalue weighted by atomic mass is 9.99. The number of rotatable bonds is 16. The van der Waals surface area contributed by atoms with Crippen molar-refractivity contribution in [2.24, 2.45) is 23.3 Å². The maximum absolute atomic E-state index is 14.5. The molecule has 3 heterocycles. The average molecular weight is 1010 g/mol. The minimum Gasteiger partial charge on any atom is -0.376 e. The molecule has 22 nitrogen and oxygen atoms in total. The van der Waals surface area contributed by atoms with Gasteiger partial charge in [0, 0.05) is 66.1 Å². The van der Waals surface area contributed by atoms with Crippen molar-refractivity contribution in [3.05, 3.63) is 71.8 Å². The summed E-state index contributed by atoms with van der Waals surface area (Å²) in [6, 6.07) is 10.9. The third-order valence-electron chi connectivity index (χ3n) is 12.7. The summed E-state index contributed by atoms with van der Waals surface area (Å²) in [6.45, 7) is 6.96. The number of ether oxygens (including phenoxy) is 4. The normalized spacial score (nSPS) is 29.0. The van der Waals surface area contributed by atoms with Crippen LogP contribution < -0.4 is 54.0 Å². The second-order valence-corrected chi connectivity index (χ2v) is 19.2. The van der Waals surface area contributed by atoms with Gasteiger partial charge in [0.15, 0.2) is 12.2 Å². The number of benzene rings is 2. The molecule has 12 N–H and O–H groups in total. The van der Waals surface area contributed by atoms with Crippen LogP contribution in [0.2, 0.25) is 0 Å². The molecule has 72 heavy (non-hydrogen) atoms. The van der Waals surface area contributed by atoms with E-state index >= 15 is 0 Å². The molecule has 2 unspecified atom stereocenters. The number of amides is 8. The summed E-state index contributed by atoms with van der Waals surface area (Å²) in [4.78, 5) is 113. The van der Waals surface area contributed by atoms with E-state index in [0.29, 0.717) is 11.1 Å². The Morgan fingerprint density at radius 1 is 0.556 bits per heavy atom. The number of fused-ring (bicyclic) bond motifs is 4. The fraction of sp³-hybridized carbons (Fsp3) is 0.600. The quantitative estimate of drug-likeness (QED) is 0.0869. The number of methoxy groups -OCH3 is 2. The predicted molar refractivity (Wildman–Crippen MR) is 263 cm³/mol. The molecule has 3 saturated heterocycles. The lowest BCUT2D eigenvalue weighted by Crippen LogP contribution is -2.58. The summed E-state index contributed by atoms with van der Waals surface area (Å²) in [5.74, 6) is -5.36. The van der Waals surface area contributed by atoms with E-state index in [4.69, 9.17) is 30.4 Å². The molecule has 3 fully saturated rings. The summed E-state index contributed by atoms with van der Waals surface area (Å²) < 4.78 is 24.3. The Balaban J connectivity index is 1.57. The molecule has 2 aromatic carbocycles. The van der Waals surface area contributed by atoms with Crippen LogP contribution in [0, 0.1) is 11.8 Å². The highest BCUT2D eigenvalue weighted by Gasteiger charge is 2.51. The van der Waals surface area contributed by atoms with Gasteiger partial charge in [0.1, 0.15) is 36.4 Å². The molecule has 0 aliphatic carbocycles. The molecule has 8 amide bonds. The Hall–Kier alpha value is -6.04. The third kappa shape index (κ3) is 16.0. The zero-order valence-electron chi connectivity index (χ0n) is 42.0. The third-order valence-corrected chi connectivity index (χ3v) is 12.7. The number of carbonyl (C=O) groups is 8. The summed E-state index contributed by atoms with van der Waals surface area (Å²) in [6.07, 6.45) is -7.08. The van der Waals surface area contributed by atoms with E-state index in [2.05, 4.69) is 42.5 Å². The van der Waals surface area contributed by atoms with Crippen molar-refractivity contribution in [3.8, 4) is 0 Å². The molecule has 0 aromatic heterocycles. The second-order valence-electron chi connectivity index (χ2n) is 19.2. The zero-order valence-corrected chi connectivity index (χ0v) is 42.0. The van der Waals surface area contributed by atoms with Crippen LogP contribution in [-0.2, 0) is 70.1 Å². The highest BCUT2D eigenvalue weighted by atomic mass is 16.6. The van der Waals surface area contributed by atoms with Gasteiger partial charge in [-0.25, -0.2) is 0 Å². The van der Waals surface area contributed by atoms with Crippen molar-refractivity contribution in [1.29, 1.82) is 0 Å². The van der Waals surface area contributed by atoms with Crippen LogP contribution in [0.25, 0.3) is 0 Å². The van der Waals surface area contributed by atoms with Gasteiger partial charge in [0.2, 0.25) is 35.4 Å². The number of nitrogens with two attached hydrogens (primary N) is 2. The molecule has 0 radical (unpaired) electrons. The van der Waals surface area contributed by atoms with Crippen molar-refractivity contribution in [2.45, 2.75) is 139 Å². The zero-order chi connectivity index (χ0) is 52.5. The lowest BCUT2D eigenvalue weighted by molar-refractivity contribution is -0.141. The lowest BCUT2D eigenvalue weighted by Gasteiger charge is -2.28. The first-order valence-corrected chi connectivity index (χ1v) is 24.7. The number of nitrogens with one attached hydrogen (secondary N) is 8. The van der Waals surface area contributed by atoms with Gasteiger partial charge >= 0.3 is 0 Å². The Morgan fingerprint density at radius 3 is 1.22 bits per heavy atom. The van der Waals surface area contributed by atoms with Gasteiger partial charge in [0.25, 0.3) is 11.8 Å². The van der Waals surface area contributed by atoms with Gasteiger partial charge in [-0.3, -0.25) is 38.4 Å². The van der Waals surface area contributed by atoms with E-state index < -0.39 is 120 Å². The molecule has 3 aliphatic heterocycles. The molecule has 0 spiro atoms. The topological polar surface area (TPSA) is 322 Å². The van der Waals surface area contributed by atoms with E-state index in [1.165, 1.54) is 14.2 Å². The molecule has 396 valence electrons. The van der Waals surface area contributed by atoms with Gasteiger partial charge in [-0.15, -0.1) is 0 Å². The van der Waals surface area contributed by atoms with Gasteiger partial charge < -0.3 is 72.9 Å². The minimum atomic E-state index is -1.43. The summed E-state index contributed by atoms with van der Waals surface area (Å²) in [5.41, 5.74) is 12.8. The van der Waals surface area contributed by atoms with E-state index in [9.17, 15) is 38.4 Å². The number of carbonyl (C=O) groups excluding carboxylic acids is 8. The predicted octanol–water partition coefficient (Wildman–Crippen LogP) is -2.02. The highest BCUT2D eigenvalue weighted by Crippen LogP contribution is 2.27.